The number of likely N-dealkylation sites (tertiary alicyclic amines) is 1. The second kappa shape index (κ2) is 6.73. The summed E-state index contributed by atoms with van der Waals surface area (Å²) in [6.07, 6.45) is 3.49. The number of fused-ring (bicyclic) bond motifs is 2. The Balaban J connectivity index is 1.49. The zero-order chi connectivity index (χ0) is 18.4. The fraction of sp³-hybridized carbons (Fsp3) is 0.435. The van der Waals surface area contributed by atoms with Gasteiger partial charge in [0.25, 0.3) is 0 Å². The molecule has 27 heavy (non-hydrogen) atoms. The van der Waals surface area contributed by atoms with E-state index in [4.69, 9.17) is 16.6 Å². The number of rotatable bonds is 4. The first-order valence-electron chi connectivity index (χ1n) is 10.1. The molecule has 0 bridgehead atoms. The molecule has 2 aromatic rings. The fourth-order valence-electron chi connectivity index (χ4n) is 5.05. The molecule has 0 radical (unpaired) electrons. The number of hydrogen-bond acceptors (Lipinski definition) is 3. The molecule has 0 aliphatic carbocycles. The lowest BCUT2D eigenvalue weighted by molar-refractivity contribution is 0.0956. The Morgan fingerprint density at radius 1 is 1.00 bits per heavy atom. The van der Waals surface area contributed by atoms with Gasteiger partial charge >= 0.3 is 0 Å². The molecule has 3 heterocycles. The average molecular weight is 380 g/mol. The maximum Gasteiger partial charge on any atom is 0.117 e. The lowest BCUT2D eigenvalue weighted by Gasteiger charge is -2.39. The van der Waals surface area contributed by atoms with E-state index in [1.807, 2.05) is 12.1 Å². The van der Waals surface area contributed by atoms with Crippen molar-refractivity contribution in [2.24, 2.45) is 4.99 Å². The number of benzene rings is 2. The van der Waals surface area contributed by atoms with Gasteiger partial charge in [0.2, 0.25) is 0 Å². The van der Waals surface area contributed by atoms with E-state index in [1.165, 1.54) is 29.8 Å². The van der Waals surface area contributed by atoms with E-state index in [1.54, 1.807) is 0 Å². The predicted octanol–water partition coefficient (Wildman–Crippen LogP) is 4.77. The molecule has 2 fully saturated rings. The SMILES string of the molecule is CCCN1CCC2(CC1)N=C(c1ccc(Cl)cc1)[C@H]1[C@@H](c3ccccc3)N12. The summed E-state index contributed by atoms with van der Waals surface area (Å²) >= 11 is 6.12. The Morgan fingerprint density at radius 2 is 1.70 bits per heavy atom. The summed E-state index contributed by atoms with van der Waals surface area (Å²) in [7, 11) is 0. The molecule has 1 spiro atoms. The second-order valence-electron chi connectivity index (χ2n) is 8.04. The van der Waals surface area contributed by atoms with Crippen LogP contribution in [0.5, 0.6) is 0 Å². The molecule has 3 atom stereocenters. The van der Waals surface area contributed by atoms with E-state index in [9.17, 15) is 0 Å². The van der Waals surface area contributed by atoms with Crippen LogP contribution in [0.25, 0.3) is 0 Å². The molecule has 0 N–H and O–H groups in total. The summed E-state index contributed by atoms with van der Waals surface area (Å²) in [5, 5.41) is 0.784. The Hall–Kier alpha value is -1.68. The van der Waals surface area contributed by atoms with Gasteiger partial charge in [0.15, 0.2) is 0 Å². The first-order chi connectivity index (χ1) is 13.2. The van der Waals surface area contributed by atoms with Crippen molar-refractivity contribution in [1.29, 1.82) is 0 Å². The number of hydrogen-bond donors (Lipinski definition) is 0. The maximum atomic E-state index is 6.12. The summed E-state index contributed by atoms with van der Waals surface area (Å²) in [6, 6.07) is 20.0. The molecule has 4 heteroatoms. The number of nitrogens with zero attached hydrogens (tertiary/aromatic N) is 3. The lowest BCUT2D eigenvalue weighted by Crippen LogP contribution is -2.47. The van der Waals surface area contributed by atoms with Crippen LogP contribution in [0.1, 0.15) is 43.4 Å². The zero-order valence-electron chi connectivity index (χ0n) is 15.8. The van der Waals surface area contributed by atoms with Crippen molar-refractivity contribution in [3.05, 3.63) is 70.7 Å². The van der Waals surface area contributed by atoms with Gasteiger partial charge in [-0.15, -0.1) is 0 Å². The zero-order valence-corrected chi connectivity index (χ0v) is 16.6. The summed E-state index contributed by atoms with van der Waals surface area (Å²) in [5.41, 5.74) is 3.87. The highest BCUT2D eigenvalue weighted by molar-refractivity contribution is 6.30. The van der Waals surface area contributed by atoms with Crippen LogP contribution in [0.3, 0.4) is 0 Å². The molecule has 140 valence electrons. The standard InChI is InChI=1S/C23H26ClN3/c1-2-14-26-15-12-23(13-16-26)25-20(17-8-10-19(24)11-9-17)22-21(27(22)23)18-6-4-3-5-7-18/h3-11,21-22H,2,12-16H2,1H3/t21-,22+,27?/m1/s1. The minimum Gasteiger partial charge on any atom is -0.303 e. The predicted molar refractivity (Wildman–Crippen MR) is 111 cm³/mol. The smallest absolute Gasteiger partial charge is 0.117 e. The van der Waals surface area contributed by atoms with Gasteiger partial charge in [-0.1, -0.05) is 61.0 Å². The van der Waals surface area contributed by atoms with Gasteiger partial charge in [-0.25, -0.2) is 0 Å². The normalized spacial score (nSPS) is 28.8. The van der Waals surface area contributed by atoms with Crippen LogP contribution in [0.4, 0.5) is 0 Å². The topological polar surface area (TPSA) is 18.6 Å². The number of halogens is 1. The van der Waals surface area contributed by atoms with Gasteiger partial charge in [0.05, 0.1) is 17.8 Å². The van der Waals surface area contributed by atoms with Gasteiger partial charge in [0, 0.05) is 18.1 Å². The van der Waals surface area contributed by atoms with Crippen LogP contribution in [-0.4, -0.2) is 46.9 Å². The van der Waals surface area contributed by atoms with Crippen LogP contribution >= 0.6 is 11.6 Å². The molecule has 3 aliphatic rings. The Labute approximate surface area is 166 Å². The first-order valence-corrected chi connectivity index (χ1v) is 10.5. The van der Waals surface area contributed by atoms with Gasteiger partial charge in [-0.2, -0.15) is 0 Å². The fourth-order valence-corrected chi connectivity index (χ4v) is 5.17. The molecule has 0 amide bonds. The van der Waals surface area contributed by atoms with E-state index >= 15 is 0 Å². The summed E-state index contributed by atoms with van der Waals surface area (Å²) in [4.78, 5) is 10.6. The van der Waals surface area contributed by atoms with Gasteiger partial charge < -0.3 is 4.90 Å². The Kier molecular flexibility index (Phi) is 4.34. The monoisotopic (exact) mass is 379 g/mol. The Morgan fingerprint density at radius 3 is 2.37 bits per heavy atom. The molecule has 0 aromatic heterocycles. The molecule has 0 saturated carbocycles. The molecular weight excluding hydrogens is 354 g/mol. The van der Waals surface area contributed by atoms with Crippen molar-refractivity contribution < 1.29 is 0 Å². The van der Waals surface area contributed by atoms with Gasteiger partial charge in [-0.3, -0.25) is 9.89 Å². The molecular formula is C23H26ClN3. The van der Waals surface area contributed by atoms with E-state index in [0.717, 1.165) is 31.0 Å². The summed E-state index contributed by atoms with van der Waals surface area (Å²) in [6.45, 7) is 5.77. The highest BCUT2D eigenvalue weighted by Gasteiger charge is 2.65. The van der Waals surface area contributed by atoms with Crippen molar-refractivity contribution >= 4 is 17.3 Å². The van der Waals surface area contributed by atoms with Crippen molar-refractivity contribution in [2.45, 2.75) is 43.9 Å². The first kappa shape index (κ1) is 17.4. The van der Waals surface area contributed by atoms with Crippen LogP contribution in [-0.2, 0) is 0 Å². The molecule has 2 saturated heterocycles. The Bertz CT molecular complexity index is 838. The highest BCUT2D eigenvalue weighted by Crippen LogP contribution is 2.58. The largest absolute Gasteiger partial charge is 0.303 e. The molecule has 1 unspecified atom stereocenters. The van der Waals surface area contributed by atoms with E-state index in [2.05, 4.69) is 59.2 Å². The van der Waals surface area contributed by atoms with Crippen LogP contribution in [0.2, 0.25) is 5.02 Å². The van der Waals surface area contributed by atoms with Gasteiger partial charge in [0.1, 0.15) is 5.66 Å². The number of piperidine rings is 1. The molecule has 5 rings (SSSR count). The third kappa shape index (κ3) is 2.93. The minimum atomic E-state index is -0.0234. The maximum absolute atomic E-state index is 6.12. The van der Waals surface area contributed by atoms with E-state index in [-0.39, 0.29) is 5.66 Å². The van der Waals surface area contributed by atoms with E-state index < -0.39 is 0 Å². The second-order valence-corrected chi connectivity index (χ2v) is 8.47. The minimum absolute atomic E-state index is 0.0234. The van der Waals surface area contributed by atoms with Crippen molar-refractivity contribution in [3.8, 4) is 0 Å². The van der Waals surface area contributed by atoms with Crippen molar-refractivity contribution in [2.75, 3.05) is 19.6 Å². The van der Waals surface area contributed by atoms with Crippen LogP contribution < -0.4 is 0 Å². The quantitative estimate of drug-likeness (QED) is 0.712. The summed E-state index contributed by atoms with van der Waals surface area (Å²) in [5.74, 6) is 0. The molecule has 3 nitrogen and oxygen atoms in total. The van der Waals surface area contributed by atoms with E-state index in [0.29, 0.717) is 12.1 Å². The molecule has 3 aliphatic heterocycles. The average Bonchev–Trinajstić information content (AvgIpc) is 3.38. The summed E-state index contributed by atoms with van der Waals surface area (Å²) < 4.78 is 0. The molecule has 2 aromatic carbocycles. The number of aliphatic imine (C=N–C) groups is 1. The lowest BCUT2D eigenvalue weighted by atomic mass is 9.95. The van der Waals surface area contributed by atoms with Gasteiger partial charge in [-0.05, 0) is 49.1 Å². The third-order valence-electron chi connectivity index (χ3n) is 6.38. The van der Waals surface area contributed by atoms with Crippen molar-refractivity contribution in [1.82, 2.24) is 9.80 Å². The third-order valence-corrected chi connectivity index (χ3v) is 6.63. The van der Waals surface area contributed by atoms with Crippen molar-refractivity contribution in [3.63, 3.8) is 0 Å². The van der Waals surface area contributed by atoms with Crippen LogP contribution in [0, 0.1) is 0 Å². The highest BCUT2D eigenvalue weighted by atomic mass is 35.5. The van der Waals surface area contributed by atoms with Crippen LogP contribution in [0.15, 0.2) is 59.6 Å².